The molecule has 0 aliphatic heterocycles. The minimum absolute atomic E-state index is 0.357. The van der Waals surface area contributed by atoms with Crippen LogP contribution in [0.3, 0.4) is 0 Å². The van der Waals surface area contributed by atoms with Crippen LogP contribution in [0.15, 0.2) is 39.8 Å². The summed E-state index contributed by atoms with van der Waals surface area (Å²) in [6.45, 7) is 0. The maximum absolute atomic E-state index is 5.64. The molecule has 0 saturated carbocycles. The number of oxazole rings is 1. The number of thioether (sulfide) groups is 1. The van der Waals surface area contributed by atoms with E-state index in [1.165, 1.54) is 4.90 Å². The molecule has 1 aromatic carbocycles. The Kier molecular flexibility index (Phi) is 3.74. The van der Waals surface area contributed by atoms with Crippen LogP contribution in [0.5, 0.6) is 0 Å². The van der Waals surface area contributed by atoms with Gasteiger partial charge in [0.05, 0.1) is 11.6 Å². The molecule has 2 aromatic rings. The summed E-state index contributed by atoms with van der Waals surface area (Å²) in [7, 11) is 0. The van der Waals surface area contributed by atoms with Crippen molar-refractivity contribution in [2.24, 2.45) is 0 Å². The van der Waals surface area contributed by atoms with Crippen molar-refractivity contribution in [1.29, 1.82) is 0 Å². The summed E-state index contributed by atoms with van der Waals surface area (Å²) in [6.07, 6.45) is 3.59. The van der Waals surface area contributed by atoms with Gasteiger partial charge in [0.25, 0.3) is 6.01 Å². The van der Waals surface area contributed by atoms with Crippen LogP contribution in [-0.4, -0.2) is 11.2 Å². The van der Waals surface area contributed by atoms with E-state index < -0.39 is 0 Å². The zero-order valence-corrected chi connectivity index (χ0v) is 10.3. The number of hydrogen-bond donors (Lipinski definition) is 1. The average molecular weight is 255 g/mol. The lowest BCUT2D eigenvalue weighted by Crippen LogP contribution is -1.90. The lowest BCUT2D eigenvalue weighted by molar-refractivity contribution is 0.576. The normalized spacial score (nSPS) is 10.4. The van der Waals surface area contributed by atoms with Gasteiger partial charge in [0, 0.05) is 10.6 Å². The van der Waals surface area contributed by atoms with E-state index in [0.717, 1.165) is 11.4 Å². The van der Waals surface area contributed by atoms with Gasteiger partial charge in [-0.3, -0.25) is 0 Å². The molecule has 0 atom stereocenters. The number of alkyl halides is 1. The molecule has 0 saturated heterocycles. The molecule has 0 bridgehead atoms. The van der Waals surface area contributed by atoms with Crippen molar-refractivity contribution in [2.75, 3.05) is 11.6 Å². The molecule has 0 aliphatic rings. The zero-order valence-electron chi connectivity index (χ0n) is 8.74. The number of halogens is 1. The quantitative estimate of drug-likeness (QED) is 0.664. The highest BCUT2D eigenvalue weighted by atomic mass is 35.5. The maximum atomic E-state index is 5.64. The monoisotopic (exact) mass is 254 g/mol. The Labute approximate surface area is 103 Å². The summed E-state index contributed by atoms with van der Waals surface area (Å²) in [5.74, 6) is 0.357. The van der Waals surface area contributed by atoms with E-state index in [2.05, 4.69) is 16.4 Å². The van der Waals surface area contributed by atoms with E-state index in [0.29, 0.717) is 11.9 Å². The number of nitrogens with one attached hydrogen (secondary N) is 1. The van der Waals surface area contributed by atoms with Crippen molar-refractivity contribution in [3.63, 3.8) is 0 Å². The fourth-order valence-corrected chi connectivity index (χ4v) is 1.83. The molecular weight excluding hydrogens is 244 g/mol. The predicted molar refractivity (Wildman–Crippen MR) is 67.6 cm³/mol. The Bertz CT molecular complexity index is 473. The summed E-state index contributed by atoms with van der Waals surface area (Å²) in [4.78, 5) is 5.35. The Morgan fingerprint density at radius 2 is 2.38 bits per heavy atom. The Morgan fingerprint density at radius 1 is 1.50 bits per heavy atom. The van der Waals surface area contributed by atoms with Gasteiger partial charge in [-0.1, -0.05) is 6.07 Å². The maximum Gasteiger partial charge on any atom is 0.299 e. The minimum atomic E-state index is 0.357. The van der Waals surface area contributed by atoms with Gasteiger partial charge in [-0.25, -0.2) is 0 Å². The van der Waals surface area contributed by atoms with Gasteiger partial charge >= 0.3 is 0 Å². The molecule has 3 nitrogen and oxygen atoms in total. The summed E-state index contributed by atoms with van der Waals surface area (Å²) in [6, 6.07) is 8.50. The second-order valence-electron chi connectivity index (χ2n) is 3.13. The van der Waals surface area contributed by atoms with E-state index in [-0.39, 0.29) is 0 Å². The minimum Gasteiger partial charge on any atom is -0.432 e. The fourth-order valence-electron chi connectivity index (χ4n) is 1.25. The van der Waals surface area contributed by atoms with E-state index >= 15 is 0 Å². The van der Waals surface area contributed by atoms with Crippen molar-refractivity contribution in [3.05, 3.63) is 36.2 Å². The van der Waals surface area contributed by atoms with E-state index in [9.17, 15) is 0 Å². The van der Waals surface area contributed by atoms with Gasteiger partial charge in [0.1, 0.15) is 6.26 Å². The first kappa shape index (κ1) is 11.4. The second kappa shape index (κ2) is 5.27. The molecule has 0 unspecified atom stereocenters. The highest BCUT2D eigenvalue weighted by molar-refractivity contribution is 7.98. The largest absolute Gasteiger partial charge is 0.432 e. The third-order valence-electron chi connectivity index (χ3n) is 2.01. The van der Waals surface area contributed by atoms with Crippen molar-refractivity contribution in [3.8, 4) is 0 Å². The Morgan fingerprint density at radius 3 is 3.06 bits per heavy atom. The summed E-state index contributed by atoms with van der Waals surface area (Å²) < 4.78 is 5.22. The molecule has 0 amide bonds. The number of hydrogen-bond acceptors (Lipinski definition) is 4. The Hall–Kier alpha value is -1.13. The molecule has 1 heterocycles. The topological polar surface area (TPSA) is 38.1 Å². The third kappa shape index (κ3) is 2.71. The average Bonchev–Trinajstić information content (AvgIpc) is 2.77. The van der Waals surface area contributed by atoms with Crippen LogP contribution in [0.4, 0.5) is 11.7 Å². The summed E-state index contributed by atoms with van der Waals surface area (Å²) >= 11 is 7.33. The number of anilines is 2. The van der Waals surface area contributed by atoms with Gasteiger partial charge in [-0.15, -0.1) is 23.4 Å². The first-order valence-electron chi connectivity index (χ1n) is 4.73. The summed E-state index contributed by atoms with van der Waals surface area (Å²) in [5, 5.41) is 3.08. The summed E-state index contributed by atoms with van der Waals surface area (Å²) in [5.41, 5.74) is 1.68. The van der Waals surface area contributed by atoms with Crippen molar-refractivity contribution in [1.82, 2.24) is 4.98 Å². The van der Waals surface area contributed by atoms with Crippen LogP contribution < -0.4 is 5.32 Å². The predicted octanol–water partition coefficient (Wildman–Crippen LogP) is 3.88. The first-order valence-corrected chi connectivity index (χ1v) is 6.49. The highest BCUT2D eigenvalue weighted by Crippen LogP contribution is 2.22. The van der Waals surface area contributed by atoms with E-state index in [4.69, 9.17) is 16.0 Å². The fraction of sp³-hybridized carbons (Fsp3) is 0.182. The van der Waals surface area contributed by atoms with Gasteiger partial charge < -0.3 is 9.73 Å². The lowest BCUT2D eigenvalue weighted by Gasteiger charge is -2.02. The van der Waals surface area contributed by atoms with Crippen LogP contribution in [0.2, 0.25) is 0 Å². The number of nitrogens with zero attached hydrogens (tertiary/aromatic N) is 1. The van der Waals surface area contributed by atoms with E-state index in [1.807, 2.05) is 24.5 Å². The van der Waals surface area contributed by atoms with Gasteiger partial charge in [0.2, 0.25) is 0 Å². The molecule has 16 heavy (non-hydrogen) atoms. The zero-order chi connectivity index (χ0) is 11.4. The van der Waals surface area contributed by atoms with Crippen molar-refractivity contribution >= 4 is 35.1 Å². The Balaban J connectivity index is 2.13. The lowest BCUT2D eigenvalue weighted by atomic mass is 10.3. The van der Waals surface area contributed by atoms with Crippen LogP contribution in [-0.2, 0) is 5.88 Å². The molecule has 2 rings (SSSR count). The number of benzene rings is 1. The van der Waals surface area contributed by atoms with Crippen LogP contribution in [0.1, 0.15) is 5.69 Å². The molecule has 84 valence electrons. The molecule has 5 heteroatoms. The second-order valence-corrected chi connectivity index (χ2v) is 4.28. The molecule has 1 aromatic heterocycles. The van der Waals surface area contributed by atoms with Crippen LogP contribution in [0.25, 0.3) is 0 Å². The smallest absolute Gasteiger partial charge is 0.299 e. The first-order chi connectivity index (χ1) is 7.81. The number of rotatable bonds is 4. The number of aromatic nitrogens is 1. The molecule has 0 aliphatic carbocycles. The van der Waals surface area contributed by atoms with Crippen LogP contribution in [0, 0.1) is 0 Å². The standard InChI is InChI=1S/C11H11ClN2OS/c1-16-10-4-2-3-8(5-10)13-11-14-9(6-12)7-15-11/h2-5,7H,6H2,1H3,(H,13,14). The molecular formula is C11H11ClN2OS. The van der Waals surface area contributed by atoms with Gasteiger partial charge in [-0.05, 0) is 24.5 Å². The van der Waals surface area contributed by atoms with Gasteiger partial charge in [-0.2, -0.15) is 4.98 Å². The van der Waals surface area contributed by atoms with Gasteiger partial charge in [0.15, 0.2) is 0 Å². The molecule has 0 fully saturated rings. The third-order valence-corrected chi connectivity index (χ3v) is 3.01. The molecule has 0 radical (unpaired) electrons. The molecule has 1 N–H and O–H groups in total. The highest BCUT2D eigenvalue weighted by Gasteiger charge is 2.03. The van der Waals surface area contributed by atoms with E-state index in [1.54, 1.807) is 18.0 Å². The van der Waals surface area contributed by atoms with Crippen molar-refractivity contribution in [2.45, 2.75) is 10.8 Å². The molecule has 0 spiro atoms. The van der Waals surface area contributed by atoms with Crippen molar-refractivity contribution < 1.29 is 4.42 Å². The SMILES string of the molecule is CSc1cccc(Nc2nc(CCl)co2)c1. The van der Waals surface area contributed by atoms with Crippen LogP contribution >= 0.6 is 23.4 Å².